The molecule has 0 saturated carbocycles. The summed E-state index contributed by atoms with van der Waals surface area (Å²) < 4.78 is 33.4. The molecule has 146 valence electrons. The lowest BCUT2D eigenvalue weighted by Crippen LogP contribution is -2.33. The summed E-state index contributed by atoms with van der Waals surface area (Å²) in [5, 5.41) is 14.7. The maximum atomic E-state index is 12.5. The molecule has 27 heavy (non-hydrogen) atoms. The molecule has 1 aliphatic rings. The number of carboxylic acids is 1. The fraction of sp³-hybridized carbons (Fsp3) is 0.389. The maximum Gasteiger partial charge on any atom is 0.490 e. The molecule has 1 aromatic heterocycles. The zero-order valence-corrected chi connectivity index (χ0v) is 14.4. The average molecular weight is 383 g/mol. The van der Waals surface area contributed by atoms with Crippen molar-refractivity contribution in [2.75, 3.05) is 13.1 Å². The van der Waals surface area contributed by atoms with Gasteiger partial charge in [-0.15, -0.1) is 0 Å². The molecule has 9 heteroatoms. The largest absolute Gasteiger partial charge is 0.490 e. The van der Waals surface area contributed by atoms with Crippen LogP contribution in [-0.4, -0.2) is 40.1 Å². The van der Waals surface area contributed by atoms with Crippen LogP contribution in [0.3, 0.4) is 0 Å². The van der Waals surface area contributed by atoms with Gasteiger partial charge in [-0.1, -0.05) is 30.3 Å². The molecule has 2 heterocycles. The summed E-state index contributed by atoms with van der Waals surface area (Å²) in [6.45, 7) is 2.80. The number of alkyl halides is 3. The molecule has 2 N–H and O–H groups in total. The van der Waals surface area contributed by atoms with Gasteiger partial charge in [0.2, 0.25) is 0 Å². The highest BCUT2D eigenvalue weighted by atomic mass is 19.4. The third-order valence-electron chi connectivity index (χ3n) is 4.13. The van der Waals surface area contributed by atoms with E-state index in [0.717, 1.165) is 43.6 Å². The Kier molecular flexibility index (Phi) is 7.12. The highest BCUT2D eigenvalue weighted by Gasteiger charge is 2.38. The van der Waals surface area contributed by atoms with E-state index in [9.17, 15) is 18.0 Å². The Bertz CT molecular complexity index is 801. The van der Waals surface area contributed by atoms with E-state index in [0.29, 0.717) is 5.92 Å². The number of nitrogens with one attached hydrogen (secondary N) is 1. The lowest BCUT2D eigenvalue weighted by Gasteiger charge is -2.22. The van der Waals surface area contributed by atoms with Crippen molar-refractivity contribution in [2.24, 2.45) is 5.92 Å². The van der Waals surface area contributed by atoms with Crippen molar-refractivity contribution >= 4 is 5.97 Å². The number of halogens is 3. The number of rotatable bonds is 3. The van der Waals surface area contributed by atoms with Crippen LogP contribution in [0.15, 0.2) is 47.4 Å². The molecule has 0 atom stereocenters. The first kappa shape index (κ1) is 20.6. The number of benzene rings is 1. The minimum atomic E-state index is -5.08. The van der Waals surface area contributed by atoms with Crippen molar-refractivity contribution in [2.45, 2.75) is 25.6 Å². The highest BCUT2D eigenvalue weighted by Crippen LogP contribution is 2.16. The summed E-state index contributed by atoms with van der Waals surface area (Å²) in [7, 11) is 0. The first-order valence-electron chi connectivity index (χ1n) is 8.41. The van der Waals surface area contributed by atoms with Gasteiger partial charge < -0.3 is 10.4 Å². The molecule has 6 nitrogen and oxygen atoms in total. The highest BCUT2D eigenvalue weighted by molar-refractivity contribution is 5.73. The topological polar surface area (TPSA) is 84.2 Å². The van der Waals surface area contributed by atoms with E-state index in [1.165, 1.54) is 0 Å². The van der Waals surface area contributed by atoms with Crippen LogP contribution in [0.4, 0.5) is 13.2 Å². The molecular formula is C18H20F3N3O3. The van der Waals surface area contributed by atoms with Gasteiger partial charge in [-0.25, -0.2) is 9.48 Å². The second-order valence-electron chi connectivity index (χ2n) is 6.09. The second-order valence-corrected chi connectivity index (χ2v) is 6.09. The fourth-order valence-corrected chi connectivity index (χ4v) is 2.73. The van der Waals surface area contributed by atoms with Crippen molar-refractivity contribution in [3.05, 3.63) is 52.9 Å². The van der Waals surface area contributed by atoms with E-state index in [-0.39, 0.29) is 5.56 Å². The van der Waals surface area contributed by atoms with E-state index in [2.05, 4.69) is 10.4 Å². The van der Waals surface area contributed by atoms with Gasteiger partial charge in [-0.2, -0.15) is 18.3 Å². The van der Waals surface area contributed by atoms with Crippen LogP contribution in [0, 0.1) is 5.92 Å². The Morgan fingerprint density at radius 3 is 2.33 bits per heavy atom. The van der Waals surface area contributed by atoms with Gasteiger partial charge in [0.05, 0.1) is 5.56 Å². The quantitative estimate of drug-likeness (QED) is 0.851. The van der Waals surface area contributed by atoms with Crippen molar-refractivity contribution in [1.82, 2.24) is 15.1 Å². The van der Waals surface area contributed by atoms with Crippen LogP contribution >= 0.6 is 0 Å². The van der Waals surface area contributed by atoms with Gasteiger partial charge in [0, 0.05) is 12.7 Å². The van der Waals surface area contributed by atoms with E-state index < -0.39 is 12.1 Å². The average Bonchev–Trinajstić information content (AvgIpc) is 2.65. The molecule has 0 spiro atoms. The number of nitrogens with zero attached hydrogens (tertiary/aromatic N) is 2. The summed E-state index contributed by atoms with van der Waals surface area (Å²) in [4.78, 5) is 21.4. The van der Waals surface area contributed by atoms with Gasteiger partial charge in [-0.3, -0.25) is 4.79 Å². The third-order valence-corrected chi connectivity index (χ3v) is 4.13. The smallest absolute Gasteiger partial charge is 0.475 e. The van der Waals surface area contributed by atoms with Gasteiger partial charge in [0.25, 0.3) is 5.56 Å². The minimum Gasteiger partial charge on any atom is -0.475 e. The third kappa shape index (κ3) is 6.21. The fourth-order valence-electron chi connectivity index (χ4n) is 2.73. The number of hydrogen-bond acceptors (Lipinski definition) is 4. The number of aliphatic carboxylic acids is 1. The molecule has 3 rings (SSSR count). The molecule has 1 fully saturated rings. The first-order chi connectivity index (χ1) is 12.8. The first-order valence-corrected chi connectivity index (χ1v) is 8.41. The Balaban J connectivity index is 0.000000321. The van der Waals surface area contributed by atoms with E-state index >= 15 is 0 Å². The number of piperidine rings is 1. The minimum absolute atomic E-state index is 0.0113. The van der Waals surface area contributed by atoms with Crippen molar-refractivity contribution in [3.8, 4) is 11.1 Å². The van der Waals surface area contributed by atoms with Gasteiger partial charge in [-0.05, 0) is 43.5 Å². The van der Waals surface area contributed by atoms with Gasteiger partial charge in [0.15, 0.2) is 0 Å². The van der Waals surface area contributed by atoms with Crippen molar-refractivity contribution in [3.63, 3.8) is 0 Å². The van der Waals surface area contributed by atoms with Crippen LogP contribution < -0.4 is 10.9 Å². The maximum absolute atomic E-state index is 12.5. The summed E-state index contributed by atoms with van der Waals surface area (Å²) in [5.74, 6) is -2.21. The van der Waals surface area contributed by atoms with Crippen LogP contribution in [0.5, 0.6) is 0 Å². The number of carboxylic acid groups (broad SMARTS) is 1. The molecule has 1 aliphatic heterocycles. The Morgan fingerprint density at radius 2 is 1.78 bits per heavy atom. The standard InChI is InChI=1S/C16H19N3O.C2HF3O2/c20-16-15(14-4-2-1-3-5-14)8-11-18-19(16)12-13-6-9-17-10-7-13;3-2(4,5)1(6)7/h1-5,8,11,13,17H,6-7,9-10,12H2;(H,6,7). The molecular weight excluding hydrogens is 363 g/mol. The zero-order valence-electron chi connectivity index (χ0n) is 14.4. The lowest BCUT2D eigenvalue weighted by atomic mass is 9.98. The predicted molar refractivity (Wildman–Crippen MR) is 93.2 cm³/mol. The van der Waals surface area contributed by atoms with Gasteiger partial charge >= 0.3 is 12.1 Å². The molecule has 1 saturated heterocycles. The Hall–Kier alpha value is -2.68. The monoisotopic (exact) mass is 383 g/mol. The number of aromatic nitrogens is 2. The lowest BCUT2D eigenvalue weighted by molar-refractivity contribution is -0.192. The normalized spacial score (nSPS) is 14.9. The molecule has 0 amide bonds. The molecule has 2 aromatic rings. The summed E-state index contributed by atoms with van der Waals surface area (Å²) >= 11 is 0. The molecule has 0 bridgehead atoms. The summed E-state index contributed by atoms with van der Waals surface area (Å²) in [6, 6.07) is 11.6. The molecule has 1 aromatic carbocycles. The summed E-state index contributed by atoms with van der Waals surface area (Å²) in [6.07, 6.45) is -1.13. The van der Waals surface area contributed by atoms with E-state index in [1.807, 2.05) is 30.3 Å². The molecule has 0 aliphatic carbocycles. The van der Waals surface area contributed by atoms with Crippen molar-refractivity contribution in [1.29, 1.82) is 0 Å². The van der Waals surface area contributed by atoms with Crippen molar-refractivity contribution < 1.29 is 23.1 Å². The Morgan fingerprint density at radius 1 is 1.19 bits per heavy atom. The molecule has 0 unspecified atom stereocenters. The van der Waals surface area contributed by atoms with E-state index in [4.69, 9.17) is 9.90 Å². The number of carbonyl (C=O) groups is 1. The number of hydrogen-bond donors (Lipinski definition) is 2. The SMILES string of the molecule is O=C(O)C(F)(F)F.O=c1c(-c2ccccc2)ccnn1CC1CCNCC1. The van der Waals surface area contributed by atoms with E-state index in [1.54, 1.807) is 16.9 Å². The Labute approximate surface area is 153 Å². The molecule has 0 radical (unpaired) electrons. The van der Waals surface area contributed by atoms with Gasteiger partial charge in [0.1, 0.15) is 0 Å². The zero-order chi connectivity index (χ0) is 19.9. The predicted octanol–water partition coefficient (Wildman–Crippen LogP) is 2.54. The van der Waals surface area contributed by atoms with Crippen LogP contribution in [0.2, 0.25) is 0 Å². The summed E-state index contributed by atoms with van der Waals surface area (Å²) in [5.41, 5.74) is 1.70. The van der Waals surface area contributed by atoms with Crippen LogP contribution in [0.1, 0.15) is 12.8 Å². The van der Waals surface area contributed by atoms with Crippen LogP contribution in [-0.2, 0) is 11.3 Å². The van der Waals surface area contributed by atoms with Crippen LogP contribution in [0.25, 0.3) is 11.1 Å². The second kappa shape index (κ2) is 9.31.